The lowest BCUT2D eigenvalue weighted by Crippen LogP contribution is -2.26. The molecule has 1 N–H and O–H groups in total. The molecule has 0 saturated heterocycles. The molecule has 1 aliphatic carbocycles. The van der Waals surface area contributed by atoms with Gasteiger partial charge in [-0.05, 0) is 29.5 Å². The zero-order valence-electron chi connectivity index (χ0n) is 11.3. The van der Waals surface area contributed by atoms with Gasteiger partial charge in [-0.3, -0.25) is 4.79 Å². The quantitative estimate of drug-likeness (QED) is 0.926. The SMILES string of the molecule is COc1ccc(C2(C(=O)O)CC2(C)C)cc1C(F)(F)F. The van der Waals surface area contributed by atoms with Crippen LogP contribution < -0.4 is 4.74 Å². The molecule has 20 heavy (non-hydrogen) atoms. The fourth-order valence-corrected chi connectivity index (χ4v) is 2.80. The normalized spacial score (nSPS) is 24.3. The van der Waals surface area contributed by atoms with Crippen LogP contribution in [-0.2, 0) is 16.4 Å². The average molecular weight is 288 g/mol. The van der Waals surface area contributed by atoms with E-state index in [9.17, 15) is 23.1 Å². The summed E-state index contributed by atoms with van der Waals surface area (Å²) in [6.07, 6.45) is -4.26. The molecular weight excluding hydrogens is 273 g/mol. The number of methoxy groups -OCH3 is 1. The second-order valence-corrected chi connectivity index (χ2v) is 5.68. The van der Waals surface area contributed by atoms with Crippen LogP contribution in [0.4, 0.5) is 13.2 Å². The van der Waals surface area contributed by atoms with Gasteiger partial charge in [0.1, 0.15) is 5.75 Å². The molecule has 0 bridgehead atoms. The largest absolute Gasteiger partial charge is 0.496 e. The van der Waals surface area contributed by atoms with Gasteiger partial charge in [-0.2, -0.15) is 13.2 Å². The third-order valence-electron chi connectivity index (χ3n) is 4.10. The molecule has 2 rings (SSSR count). The van der Waals surface area contributed by atoms with Crippen molar-refractivity contribution in [3.63, 3.8) is 0 Å². The van der Waals surface area contributed by atoms with Crippen molar-refractivity contribution in [3.8, 4) is 5.75 Å². The molecule has 0 radical (unpaired) electrons. The summed E-state index contributed by atoms with van der Waals surface area (Å²) in [4.78, 5) is 11.5. The number of hydrogen-bond acceptors (Lipinski definition) is 2. The summed E-state index contributed by atoms with van der Waals surface area (Å²) in [6, 6.07) is 3.47. The summed E-state index contributed by atoms with van der Waals surface area (Å²) in [5.74, 6) is -1.40. The average Bonchev–Trinajstić information content (AvgIpc) is 2.92. The van der Waals surface area contributed by atoms with Gasteiger partial charge in [0.2, 0.25) is 0 Å². The summed E-state index contributed by atoms with van der Waals surface area (Å²) in [5.41, 5.74) is -2.58. The predicted molar refractivity (Wildman–Crippen MR) is 65.7 cm³/mol. The van der Waals surface area contributed by atoms with Gasteiger partial charge in [0, 0.05) is 0 Å². The Kier molecular flexibility index (Phi) is 3.04. The molecule has 1 fully saturated rings. The van der Waals surface area contributed by atoms with Crippen LogP contribution in [0.25, 0.3) is 0 Å². The van der Waals surface area contributed by atoms with E-state index in [2.05, 4.69) is 0 Å². The van der Waals surface area contributed by atoms with E-state index in [-0.39, 0.29) is 11.3 Å². The van der Waals surface area contributed by atoms with Crippen LogP contribution in [0.2, 0.25) is 0 Å². The first-order valence-electron chi connectivity index (χ1n) is 6.05. The van der Waals surface area contributed by atoms with Crippen LogP contribution in [0, 0.1) is 5.41 Å². The number of halogens is 3. The van der Waals surface area contributed by atoms with E-state index in [1.807, 2.05) is 0 Å². The molecule has 1 unspecified atom stereocenters. The number of carboxylic acids is 1. The Morgan fingerprint density at radius 2 is 1.90 bits per heavy atom. The molecule has 1 aliphatic rings. The Bertz CT molecular complexity index is 563. The van der Waals surface area contributed by atoms with Crippen LogP contribution >= 0.6 is 0 Å². The van der Waals surface area contributed by atoms with E-state index in [0.717, 1.165) is 13.2 Å². The van der Waals surface area contributed by atoms with Crippen LogP contribution in [0.5, 0.6) is 5.75 Å². The Morgan fingerprint density at radius 1 is 1.35 bits per heavy atom. The maximum absolute atomic E-state index is 13.0. The molecule has 110 valence electrons. The topological polar surface area (TPSA) is 46.5 Å². The lowest BCUT2D eigenvalue weighted by atomic mass is 9.87. The standard InChI is InChI=1S/C14H15F3O3/c1-12(2)7-13(12,11(18)19)8-4-5-10(20-3)9(6-8)14(15,16)17/h4-6H,7H2,1-3H3,(H,18,19). The smallest absolute Gasteiger partial charge is 0.419 e. The fraction of sp³-hybridized carbons (Fsp3) is 0.500. The molecule has 3 nitrogen and oxygen atoms in total. The number of ether oxygens (including phenoxy) is 1. The maximum atomic E-state index is 13.0. The summed E-state index contributed by atoms with van der Waals surface area (Å²) in [6.45, 7) is 3.47. The predicted octanol–water partition coefficient (Wildman–Crippen LogP) is 3.47. The van der Waals surface area contributed by atoms with Crippen molar-refractivity contribution in [2.24, 2.45) is 5.41 Å². The first kappa shape index (κ1) is 14.7. The highest BCUT2D eigenvalue weighted by Gasteiger charge is 2.68. The molecule has 0 spiro atoms. The zero-order valence-corrected chi connectivity index (χ0v) is 11.3. The minimum absolute atomic E-state index is 0.170. The number of benzene rings is 1. The van der Waals surface area contributed by atoms with Gasteiger partial charge in [-0.1, -0.05) is 19.9 Å². The Balaban J connectivity index is 2.58. The van der Waals surface area contributed by atoms with Crippen LogP contribution in [0.1, 0.15) is 31.4 Å². The summed E-state index contributed by atoms with van der Waals surface area (Å²) in [7, 11) is 1.15. The molecule has 1 aromatic rings. The Labute approximate surface area is 114 Å². The van der Waals surface area contributed by atoms with Crippen LogP contribution in [0.3, 0.4) is 0 Å². The lowest BCUT2D eigenvalue weighted by Gasteiger charge is -2.19. The van der Waals surface area contributed by atoms with Crippen molar-refractivity contribution in [1.29, 1.82) is 0 Å². The monoisotopic (exact) mass is 288 g/mol. The third kappa shape index (κ3) is 1.94. The highest BCUT2D eigenvalue weighted by molar-refractivity contribution is 5.87. The molecule has 1 saturated carbocycles. The number of hydrogen-bond donors (Lipinski definition) is 1. The molecule has 1 atom stereocenters. The molecule has 0 aliphatic heterocycles. The van der Waals surface area contributed by atoms with Crippen molar-refractivity contribution in [2.75, 3.05) is 7.11 Å². The van der Waals surface area contributed by atoms with Gasteiger partial charge in [0.05, 0.1) is 18.1 Å². The van der Waals surface area contributed by atoms with E-state index in [1.165, 1.54) is 12.1 Å². The molecule has 1 aromatic carbocycles. The highest BCUT2D eigenvalue weighted by Crippen LogP contribution is 2.64. The maximum Gasteiger partial charge on any atom is 0.419 e. The Morgan fingerprint density at radius 3 is 2.25 bits per heavy atom. The summed E-state index contributed by atoms with van der Waals surface area (Å²) in [5, 5.41) is 9.40. The number of alkyl halides is 3. The van der Waals surface area contributed by atoms with E-state index in [1.54, 1.807) is 13.8 Å². The van der Waals surface area contributed by atoms with Gasteiger partial charge in [0.25, 0.3) is 0 Å². The van der Waals surface area contributed by atoms with E-state index >= 15 is 0 Å². The van der Waals surface area contributed by atoms with Gasteiger partial charge >= 0.3 is 12.1 Å². The summed E-state index contributed by atoms with van der Waals surface area (Å²) >= 11 is 0. The highest BCUT2D eigenvalue weighted by atomic mass is 19.4. The molecule has 0 amide bonds. The number of carboxylic acid groups (broad SMARTS) is 1. The molecular formula is C14H15F3O3. The van der Waals surface area contributed by atoms with Crippen LogP contribution in [-0.4, -0.2) is 18.2 Å². The van der Waals surface area contributed by atoms with Crippen molar-refractivity contribution in [3.05, 3.63) is 29.3 Å². The van der Waals surface area contributed by atoms with Crippen LogP contribution in [0.15, 0.2) is 18.2 Å². The first-order chi connectivity index (χ1) is 9.06. The Hall–Kier alpha value is -1.72. The minimum atomic E-state index is -4.58. The fourth-order valence-electron chi connectivity index (χ4n) is 2.80. The van der Waals surface area contributed by atoms with Crippen molar-refractivity contribution >= 4 is 5.97 Å². The third-order valence-corrected chi connectivity index (χ3v) is 4.10. The van der Waals surface area contributed by atoms with Crippen molar-refractivity contribution in [1.82, 2.24) is 0 Å². The number of aliphatic carboxylic acids is 1. The number of rotatable bonds is 3. The lowest BCUT2D eigenvalue weighted by molar-refractivity contribution is -0.142. The van der Waals surface area contributed by atoms with Gasteiger partial charge in [0.15, 0.2) is 0 Å². The molecule has 0 heterocycles. The van der Waals surface area contributed by atoms with Gasteiger partial charge in [-0.15, -0.1) is 0 Å². The van der Waals surface area contributed by atoms with Crippen molar-refractivity contribution in [2.45, 2.75) is 31.9 Å². The zero-order chi connectivity index (χ0) is 15.3. The van der Waals surface area contributed by atoms with E-state index in [4.69, 9.17) is 4.74 Å². The van der Waals surface area contributed by atoms with Gasteiger partial charge < -0.3 is 9.84 Å². The second kappa shape index (κ2) is 4.14. The number of carbonyl (C=O) groups is 1. The summed E-state index contributed by atoms with van der Waals surface area (Å²) < 4.78 is 43.7. The van der Waals surface area contributed by atoms with Gasteiger partial charge in [-0.25, -0.2) is 0 Å². The van der Waals surface area contributed by atoms with Crippen molar-refractivity contribution < 1.29 is 27.8 Å². The van der Waals surface area contributed by atoms with E-state index < -0.39 is 28.5 Å². The molecule has 6 heteroatoms. The first-order valence-corrected chi connectivity index (χ1v) is 6.05. The van der Waals surface area contributed by atoms with E-state index in [0.29, 0.717) is 6.42 Å². The molecule has 0 aromatic heterocycles. The minimum Gasteiger partial charge on any atom is -0.496 e. The second-order valence-electron chi connectivity index (χ2n) is 5.68.